The number of nitrogens with zero attached hydrogens (tertiary/aromatic N) is 2. The average molecular weight is 368 g/mol. The van der Waals surface area contributed by atoms with Crippen molar-refractivity contribution in [3.05, 3.63) is 62.7 Å². The first-order valence-corrected chi connectivity index (χ1v) is 7.26. The lowest BCUT2D eigenvalue weighted by molar-refractivity contribution is -0.385. The second-order valence-electron chi connectivity index (χ2n) is 4.04. The zero-order valence-electron chi connectivity index (χ0n) is 10.5. The van der Waals surface area contributed by atoms with Crippen molar-refractivity contribution >= 4 is 33.2 Å². The summed E-state index contributed by atoms with van der Waals surface area (Å²) in [5.74, 6) is 0.444. The minimum Gasteiger partial charge on any atom is -0.450 e. The zero-order chi connectivity index (χ0) is 15.4. The molecule has 2 aromatic carbocycles. The first kappa shape index (κ1) is 15.3. The van der Waals surface area contributed by atoms with Gasteiger partial charge in [-0.25, -0.2) is 0 Å². The van der Waals surface area contributed by atoms with Crippen molar-refractivity contribution in [1.29, 1.82) is 5.26 Å². The smallest absolute Gasteiger partial charge is 0.312 e. The Hall–Kier alpha value is -2.10. The van der Waals surface area contributed by atoms with E-state index in [1.54, 1.807) is 18.2 Å². The molecule has 0 N–H and O–H groups in total. The monoisotopic (exact) mass is 366 g/mol. The van der Waals surface area contributed by atoms with Gasteiger partial charge in [-0.1, -0.05) is 33.6 Å². The molecule has 0 amide bonds. The van der Waals surface area contributed by atoms with Crippen LogP contribution in [0.1, 0.15) is 11.1 Å². The fourth-order valence-corrected chi connectivity index (χ4v) is 2.53. The summed E-state index contributed by atoms with van der Waals surface area (Å²) >= 11 is 9.36. The summed E-state index contributed by atoms with van der Waals surface area (Å²) < 4.78 is 5.50. The molecule has 0 aromatic heterocycles. The van der Waals surface area contributed by atoms with Gasteiger partial charge in [0.15, 0.2) is 0 Å². The summed E-state index contributed by atoms with van der Waals surface area (Å²) in [5.41, 5.74) is 0.815. The third kappa shape index (κ3) is 3.51. The molecule has 0 spiro atoms. The molecule has 0 saturated carbocycles. The van der Waals surface area contributed by atoms with Crippen LogP contribution in [0.5, 0.6) is 11.5 Å². The van der Waals surface area contributed by atoms with Crippen LogP contribution in [0.4, 0.5) is 5.69 Å². The van der Waals surface area contributed by atoms with Gasteiger partial charge in [0.1, 0.15) is 5.75 Å². The van der Waals surface area contributed by atoms with E-state index in [2.05, 4.69) is 15.9 Å². The second kappa shape index (κ2) is 6.57. The van der Waals surface area contributed by atoms with Crippen LogP contribution in [0.2, 0.25) is 5.02 Å². The van der Waals surface area contributed by atoms with Crippen LogP contribution in [-0.2, 0) is 5.33 Å². The number of rotatable bonds is 4. The van der Waals surface area contributed by atoms with Crippen molar-refractivity contribution in [1.82, 2.24) is 0 Å². The fraction of sp³-hybridized carbons (Fsp3) is 0.0714. The van der Waals surface area contributed by atoms with Crippen LogP contribution in [0.3, 0.4) is 0 Å². The van der Waals surface area contributed by atoms with E-state index < -0.39 is 4.92 Å². The first-order chi connectivity index (χ1) is 10.0. The highest BCUT2D eigenvalue weighted by Gasteiger charge is 2.17. The number of ether oxygens (including phenoxy) is 1. The molecular weight excluding hydrogens is 360 g/mol. The Morgan fingerprint density at radius 3 is 2.67 bits per heavy atom. The Morgan fingerprint density at radius 1 is 1.33 bits per heavy atom. The van der Waals surface area contributed by atoms with Gasteiger partial charge in [-0.15, -0.1) is 0 Å². The van der Waals surface area contributed by atoms with Crippen LogP contribution in [0, 0.1) is 21.4 Å². The molecule has 0 radical (unpaired) electrons. The average Bonchev–Trinajstić information content (AvgIpc) is 2.47. The molecule has 5 nitrogen and oxygen atoms in total. The van der Waals surface area contributed by atoms with Crippen molar-refractivity contribution in [2.24, 2.45) is 0 Å². The Morgan fingerprint density at radius 2 is 2.10 bits per heavy atom. The second-order valence-corrected chi connectivity index (χ2v) is 5.01. The maximum absolute atomic E-state index is 11.0. The van der Waals surface area contributed by atoms with Gasteiger partial charge in [0, 0.05) is 16.4 Å². The summed E-state index contributed by atoms with van der Waals surface area (Å²) in [5, 5.41) is 20.9. The van der Waals surface area contributed by atoms with E-state index in [4.69, 9.17) is 21.6 Å². The molecule has 0 saturated heterocycles. The van der Waals surface area contributed by atoms with Gasteiger partial charge in [-0.05, 0) is 29.8 Å². The van der Waals surface area contributed by atoms with Gasteiger partial charge in [0.05, 0.1) is 16.6 Å². The van der Waals surface area contributed by atoms with Crippen LogP contribution in [0.25, 0.3) is 0 Å². The molecule has 0 aliphatic heterocycles. The molecule has 0 heterocycles. The summed E-state index contributed by atoms with van der Waals surface area (Å²) in [6, 6.07) is 10.9. The largest absolute Gasteiger partial charge is 0.450 e. The Labute approximate surface area is 134 Å². The van der Waals surface area contributed by atoms with Crippen molar-refractivity contribution in [3.8, 4) is 17.6 Å². The van der Waals surface area contributed by atoms with Crippen molar-refractivity contribution in [2.45, 2.75) is 5.33 Å². The third-order valence-corrected chi connectivity index (χ3v) is 3.64. The summed E-state index contributed by atoms with van der Waals surface area (Å²) in [4.78, 5) is 10.4. The summed E-state index contributed by atoms with van der Waals surface area (Å²) in [6.45, 7) is 0. The van der Waals surface area contributed by atoms with Gasteiger partial charge >= 0.3 is 5.69 Å². The molecule has 0 unspecified atom stereocenters. The molecule has 106 valence electrons. The predicted octanol–water partition coefficient (Wildman–Crippen LogP) is 4.81. The van der Waals surface area contributed by atoms with Gasteiger partial charge in [0.2, 0.25) is 5.75 Å². The maximum atomic E-state index is 11.0. The number of hydrogen-bond acceptors (Lipinski definition) is 4. The van der Waals surface area contributed by atoms with E-state index in [-0.39, 0.29) is 17.0 Å². The van der Waals surface area contributed by atoms with Gasteiger partial charge in [0.25, 0.3) is 0 Å². The minimum atomic E-state index is -0.593. The van der Waals surface area contributed by atoms with E-state index in [0.717, 1.165) is 5.56 Å². The van der Waals surface area contributed by atoms with Crippen LogP contribution in [-0.4, -0.2) is 4.92 Å². The Kier molecular flexibility index (Phi) is 4.78. The fourth-order valence-electron chi connectivity index (χ4n) is 1.64. The normalized spacial score (nSPS) is 9.95. The van der Waals surface area contributed by atoms with E-state index in [1.165, 1.54) is 18.2 Å². The highest BCUT2D eigenvalue weighted by Crippen LogP contribution is 2.34. The van der Waals surface area contributed by atoms with Crippen LogP contribution < -0.4 is 4.74 Å². The predicted molar refractivity (Wildman–Crippen MR) is 82.0 cm³/mol. The molecule has 0 aliphatic rings. The number of benzene rings is 2. The number of alkyl halides is 1. The first-order valence-electron chi connectivity index (χ1n) is 5.76. The standard InChI is InChI=1S/C14H8BrClN2O3/c15-7-10-2-3-11(6-12(10)16)21-14-4-1-9(8-17)5-13(14)18(19)20/h1-6H,7H2. The lowest BCUT2D eigenvalue weighted by Gasteiger charge is -2.08. The van der Waals surface area contributed by atoms with Crippen LogP contribution >= 0.6 is 27.5 Å². The number of hydrogen-bond donors (Lipinski definition) is 0. The summed E-state index contributed by atoms with van der Waals surface area (Å²) in [7, 11) is 0. The molecule has 21 heavy (non-hydrogen) atoms. The van der Waals surface area contributed by atoms with Gasteiger partial charge in [-0.2, -0.15) is 5.26 Å². The number of nitro groups is 1. The maximum Gasteiger partial charge on any atom is 0.312 e. The molecular formula is C14H8BrClN2O3. The molecule has 0 bridgehead atoms. The quantitative estimate of drug-likeness (QED) is 0.441. The molecule has 2 rings (SSSR count). The summed E-state index contributed by atoms with van der Waals surface area (Å²) in [6.07, 6.45) is 0. The van der Waals surface area contributed by atoms with E-state index in [1.807, 2.05) is 6.07 Å². The number of nitro benzene ring substituents is 1. The van der Waals surface area contributed by atoms with Crippen LogP contribution in [0.15, 0.2) is 36.4 Å². The molecule has 0 fully saturated rings. The van der Waals surface area contributed by atoms with Crippen molar-refractivity contribution in [2.75, 3.05) is 0 Å². The van der Waals surface area contributed by atoms with Crippen molar-refractivity contribution < 1.29 is 9.66 Å². The topological polar surface area (TPSA) is 76.2 Å². The lowest BCUT2D eigenvalue weighted by atomic mass is 10.2. The minimum absolute atomic E-state index is 0.0571. The number of nitriles is 1. The van der Waals surface area contributed by atoms with E-state index >= 15 is 0 Å². The highest BCUT2D eigenvalue weighted by molar-refractivity contribution is 9.08. The zero-order valence-corrected chi connectivity index (χ0v) is 12.9. The lowest BCUT2D eigenvalue weighted by Crippen LogP contribution is -1.94. The van der Waals surface area contributed by atoms with Gasteiger partial charge < -0.3 is 4.74 Å². The van der Waals surface area contributed by atoms with E-state index in [0.29, 0.717) is 16.1 Å². The number of halogens is 2. The Balaban J connectivity index is 2.37. The third-order valence-electron chi connectivity index (χ3n) is 2.68. The molecule has 2 aromatic rings. The SMILES string of the molecule is N#Cc1ccc(Oc2ccc(CBr)c(Cl)c2)c([N+](=O)[O-])c1. The van der Waals surface area contributed by atoms with Gasteiger partial charge in [-0.3, -0.25) is 10.1 Å². The molecule has 0 atom stereocenters. The highest BCUT2D eigenvalue weighted by atomic mass is 79.9. The van der Waals surface area contributed by atoms with Crippen molar-refractivity contribution in [3.63, 3.8) is 0 Å². The van der Waals surface area contributed by atoms with E-state index in [9.17, 15) is 10.1 Å². The Bertz CT molecular complexity index is 743. The molecule has 7 heteroatoms. The molecule has 0 aliphatic carbocycles.